The molecule has 1 saturated carbocycles. The third-order valence-electron chi connectivity index (χ3n) is 3.53. The van der Waals surface area contributed by atoms with Gasteiger partial charge in [-0.05, 0) is 50.1 Å². The smallest absolute Gasteiger partial charge is 0.0576 e. The molecule has 0 heterocycles. The molecule has 17 heavy (non-hydrogen) atoms. The SMILES string of the molecule is CSC1CCCC(Nc2ccc(C)cc2N)C1. The maximum atomic E-state index is 6.04. The van der Waals surface area contributed by atoms with Crippen LogP contribution in [0.2, 0.25) is 0 Å². The van der Waals surface area contributed by atoms with E-state index in [1.54, 1.807) is 0 Å². The Morgan fingerprint density at radius 2 is 2.18 bits per heavy atom. The molecule has 2 nitrogen and oxygen atoms in total. The minimum absolute atomic E-state index is 0.589. The number of hydrogen-bond acceptors (Lipinski definition) is 3. The summed E-state index contributed by atoms with van der Waals surface area (Å²) in [7, 11) is 0. The highest BCUT2D eigenvalue weighted by Gasteiger charge is 2.21. The van der Waals surface area contributed by atoms with E-state index >= 15 is 0 Å². The van der Waals surface area contributed by atoms with Crippen LogP contribution in [-0.4, -0.2) is 17.5 Å². The molecule has 1 aliphatic carbocycles. The van der Waals surface area contributed by atoms with Crippen molar-refractivity contribution in [1.82, 2.24) is 0 Å². The molecule has 0 aliphatic heterocycles. The van der Waals surface area contributed by atoms with E-state index in [0.717, 1.165) is 16.6 Å². The molecule has 0 spiro atoms. The minimum Gasteiger partial charge on any atom is -0.397 e. The zero-order valence-corrected chi connectivity index (χ0v) is 11.5. The predicted molar refractivity (Wildman–Crippen MR) is 78.8 cm³/mol. The average molecular weight is 250 g/mol. The highest BCUT2D eigenvalue weighted by atomic mass is 32.2. The van der Waals surface area contributed by atoms with Crippen LogP contribution in [0.5, 0.6) is 0 Å². The molecule has 1 aromatic rings. The minimum atomic E-state index is 0.589. The standard InChI is InChI=1S/C14H22N2S/c1-10-6-7-14(13(15)8-10)16-11-4-3-5-12(9-11)17-2/h6-8,11-12,16H,3-5,9,15H2,1-2H3. The second kappa shape index (κ2) is 5.67. The molecule has 3 N–H and O–H groups in total. The fourth-order valence-electron chi connectivity index (χ4n) is 2.52. The topological polar surface area (TPSA) is 38.0 Å². The summed E-state index contributed by atoms with van der Waals surface area (Å²) in [6.45, 7) is 2.07. The molecule has 1 fully saturated rings. The molecule has 3 heteroatoms. The van der Waals surface area contributed by atoms with Gasteiger partial charge in [0.25, 0.3) is 0 Å². The molecule has 2 unspecified atom stereocenters. The van der Waals surface area contributed by atoms with E-state index in [4.69, 9.17) is 5.73 Å². The van der Waals surface area contributed by atoms with E-state index in [1.165, 1.54) is 31.2 Å². The quantitative estimate of drug-likeness (QED) is 0.804. The Balaban J connectivity index is 2.00. The van der Waals surface area contributed by atoms with Gasteiger partial charge >= 0.3 is 0 Å². The Morgan fingerprint density at radius 3 is 2.88 bits per heavy atom. The van der Waals surface area contributed by atoms with Crippen molar-refractivity contribution in [3.63, 3.8) is 0 Å². The molecule has 1 aliphatic rings. The summed E-state index contributed by atoms with van der Waals surface area (Å²) in [5, 5.41) is 4.42. The number of aryl methyl sites for hydroxylation is 1. The lowest BCUT2D eigenvalue weighted by molar-refractivity contribution is 0.474. The van der Waals surface area contributed by atoms with Crippen LogP contribution in [0.3, 0.4) is 0 Å². The lowest BCUT2D eigenvalue weighted by Crippen LogP contribution is -2.28. The number of hydrogen-bond donors (Lipinski definition) is 2. The largest absolute Gasteiger partial charge is 0.397 e. The Kier molecular flexibility index (Phi) is 4.21. The summed E-state index contributed by atoms with van der Waals surface area (Å²) < 4.78 is 0. The number of anilines is 2. The molecule has 2 rings (SSSR count). The van der Waals surface area contributed by atoms with Crippen LogP contribution >= 0.6 is 11.8 Å². The van der Waals surface area contributed by atoms with Crippen molar-refractivity contribution >= 4 is 23.1 Å². The second-order valence-corrected chi connectivity index (χ2v) is 6.09. The summed E-state index contributed by atoms with van der Waals surface area (Å²) in [5.74, 6) is 0. The Hall–Kier alpha value is -0.830. The van der Waals surface area contributed by atoms with Crippen LogP contribution < -0.4 is 11.1 Å². The van der Waals surface area contributed by atoms with E-state index in [-0.39, 0.29) is 0 Å². The third-order valence-corrected chi connectivity index (χ3v) is 4.62. The first-order valence-electron chi connectivity index (χ1n) is 6.34. The molecule has 1 aromatic carbocycles. The summed E-state index contributed by atoms with van der Waals surface area (Å²) in [6.07, 6.45) is 7.43. The number of rotatable bonds is 3. The highest BCUT2D eigenvalue weighted by molar-refractivity contribution is 7.99. The Labute approximate surface area is 108 Å². The van der Waals surface area contributed by atoms with Gasteiger partial charge in [0, 0.05) is 11.3 Å². The van der Waals surface area contributed by atoms with E-state index < -0.39 is 0 Å². The first-order valence-corrected chi connectivity index (χ1v) is 7.63. The van der Waals surface area contributed by atoms with Crippen molar-refractivity contribution in [3.05, 3.63) is 23.8 Å². The lowest BCUT2D eigenvalue weighted by atomic mass is 9.94. The number of nitrogens with one attached hydrogen (secondary N) is 1. The number of thioether (sulfide) groups is 1. The molecule has 0 bridgehead atoms. The van der Waals surface area contributed by atoms with Crippen molar-refractivity contribution in [2.24, 2.45) is 0 Å². The lowest BCUT2D eigenvalue weighted by Gasteiger charge is -2.29. The number of nitrogen functional groups attached to an aromatic ring is 1. The van der Waals surface area contributed by atoms with Crippen molar-refractivity contribution in [2.45, 2.75) is 43.9 Å². The van der Waals surface area contributed by atoms with Gasteiger partial charge in [0.05, 0.1) is 11.4 Å². The molecule has 2 atom stereocenters. The second-order valence-electron chi connectivity index (χ2n) is 4.96. The molecule has 0 radical (unpaired) electrons. The third kappa shape index (κ3) is 3.32. The van der Waals surface area contributed by atoms with Gasteiger partial charge in [-0.1, -0.05) is 12.5 Å². The van der Waals surface area contributed by atoms with Crippen LogP contribution in [0.1, 0.15) is 31.2 Å². The van der Waals surface area contributed by atoms with E-state index in [2.05, 4.69) is 30.6 Å². The Morgan fingerprint density at radius 1 is 1.35 bits per heavy atom. The first-order chi connectivity index (χ1) is 8.19. The van der Waals surface area contributed by atoms with Crippen molar-refractivity contribution in [2.75, 3.05) is 17.3 Å². The fraction of sp³-hybridized carbons (Fsp3) is 0.571. The van der Waals surface area contributed by atoms with Gasteiger partial charge in [0.1, 0.15) is 0 Å². The molecular weight excluding hydrogens is 228 g/mol. The summed E-state index contributed by atoms with van der Waals surface area (Å²) >= 11 is 2.00. The Bertz CT molecular complexity index is 378. The molecular formula is C14H22N2S. The van der Waals surface area contributed by atoms with Gasteiger partial charge in [-0.25, -0.2) is 0 Å². The predicted octanol–water partition coefficient (Wildman–Crippen LogP) is 3.66. The summed E-state index contributed by atoms with van der Waals surface area (Å²) in [5.41, 5.74) is 9.23. The van der Waals surface area contributed by atoms with Crippen molar-refractivity contribution in [3.8, 4) is 0 Å². The zero-order valence-electron chi connectivity index (χ0n) is 10.7. The van der Waals surface area contributed by atoms with Gasteiger partial charge in [0.15, 0.2) is 0 Å². The van der Waals surface area contributed by atoms with E-state index in [0.29, 0.717) is 6.04 Å². The maximum absolute atomic E-state index is 6.04. The van der Waals surface area contributed by atoms with E-state index in [9.17, 15) is 0 Å². The van der Waals surface area contributed by atoms with Gasteiger partial charge < -0.3 is 11.1 Å². The van der Waals surface area contributed by atoms with E-state index in [1.807, 2.05) is 17.8 Å². The van der Waals surface area contributed by atoms with Crippen LogP contribution in [-0.2, 0) is 0 Å². The average Bonchev–Trinajstić information content (AvgIpc) is 2.33. The van der Waals surface area contributed by atoms with Crippen molar-refractivity contribution < 1.29 is 0 Å². The summed E-state index contributed by atoms with van der Waals surface area (Å²) in [6, 6.07) is 6.85. The molecule has 94 valence electrons. The first kappa shape index (κ1) is 12.6. The summed E-state index contributed by atoms with van der Waals surface area (Å²) in [4.78, 5) is 0. The zero-order chi connectivity index (χ0) is 12.3. The normalized spacial score (nSPS) is 24.6. The van der Waals surface area contributed by atoms with Gasteiger partial charge in [-0.15, -0.1) is 0 Å². The van der Waals surface area contributed by atoms with Crippen molar-refractivity contribution in [1.29, 1.82) is 0 Å². The van der Waals surface area contributed by atoms with Gasteiger partial charge in [-0.3, -0.25) is 0 Å². The number of nitrogens with two attached hydrogens (primary N) is 1. The molecule has 0 amide bonds. The van der Waals surface area contributed by atoms with Crippen LogP contribution in [0.15, 0.2) is 18.2 Å². The monoisotopic (exact) mass is 250 g/mol. The highest BCUT2D eigenvalue weighted by Crippen LogP contribution is 2.30. The molecule has 0 saturated heterocycles. The van der Waals surface area contributed by atoms with Crippen LogP contribution in [0.25, 0.3) is 0 Å². The van der Waals surface area contributed by atoms with Gasteiger partial charge in [0.2, 0.25) is 0 Å². The van der Waals surface area contributed by atoms with Crippen LogP contribution in [0.4, 0.5) is 11.4 Å². The fourth-order valence-corrected chi connectivity index (χ4v) is 3.35. The number of benzene rings is 1. The van der Waals surface area contributed by atoms with Gasteiger partial charge in [-0.2, -0.15) is 11.8 Å². The molecule has 0 aromatic heterocycles. The van der Waals surface area contributed by atoms with Crippen LogP contribution in [0, 0.1) is 6.92 Å². The maximum Gasteiger partial charge on any atom is 0.0576 e.